The first-order valence-corrected chi connectivity index (χ1v) is 22.6. The summed E-state index contributed by atoms with van der Waals surface area (Å²) in [5.74, 6) is 1.62. The Balaban J connectivity index is 0.000000264. The van der Waals surface area contributed by atoms with Gasteiger partial charge in [0.2, 0.25) is 0 Å². The van der Waals surface area contributed by atoms with Gasteiger partial charge in [0, 0.05) is 56.7 Å². The second kappa shape index (κ2) is 18.2. The van der Waals surface area contributed by atoms with Crippen LogP contribution in [-0.4, -0.2) is 19.5 Å². The molecule has 0 aliphatic rings. The monoisotopic (exact) mass is 1060 g/mol. The molecule has 0 amide bonds. The predicted octanol–water partition coefficient (Wildman–Crippen LogP) is 16.5. The minimum atomic E-state index is -2.38. The molecule has 1 radical (unpaired) electrons. The molecular formula is C61H54IrN4O-2. The fourth-order valence-corrected chi connectivity index (χ4v) is 9.00. The third-order valence-electron chi connectivity index (χ3n) is 12.4. The Bertz CT molecular complexity index is 3800. The SMILES string of the molecule is [2H]C([2H])([2H])c1c[c-]c(-c2nc3ccccc3n2-c2c(C(C)C)cc(-c3ccccc3)cc2C(C)C)c2oc3cc4c(ccc5ccccc54)cc3c12.[2H]C([2H])([2H])c1c[c-]c(-c2nccc(C(C)(C)C)n2)cc1.[Ir]. The number of imidazole rings is 1. The van der Waals surface area contributed by atoms with Crippen LogP contribution in [0, 0.1) is 25.8 Å². The molecule has 11 rings (SSSR count). The number of furan rings is 1. The first-order valence-electron chi connectivity index (χ1n) is 25.6. The van der Waals surface area contributed by atoms with Crippen molar-refractivity contribution in [1.82, 2.24) is 19.5 Å². The van der Waals surface area contributed by atoms with Gasteiger partial charge in [0.05, 0.1) is 28.3 Å². The normalized spacial score (nSPS) is 13.5. The number of para-hydroxylation sites is 2. The van der Waals surface area contributed by atoms with E-state index in [1.165, 1.54) is 28.3 Å². The largest absolute Gasteiger partial charge is 0.501 e. The van der Waals surface area contributed by atoms with Crippen LogP contribution in [0.4, 0.5) is 0 Å². The smallest absolute Gasteiger partial charge is 0.121 e. The van der Waals surface area contributed by atoms with E-state index in [1.54, 1.807) is 24.4 Å². The summed E-state index contributed by atoms with van der Waals surface area (Å²) in [6, 6.07) is 54.6. The van der Waals surface area contributed by atoms with Gasteiger partial charge in [-0.3, -0.25) is 15.0 Å². The molecule has 3 heterocycles. The molecule has 0 saturated carbocycles. The van der Waals surface area contributed by atoms with Gasteiger partial charge in [0.15, 0.2) is 0 Å². The molecule has 0 saturated heterocycles. The minimum Gasteiger partial charge on any atom is -0.501 e. The number of nitrogens with zero attached hydrogens (tertiary/aromatic N) is 4. The number of benzene rings is 8. The van der Waals surface area contributed by atoms with Gasteiger partial charge in [-0.1, -0.05) is 152 Å². The van der Waals surface area contributed by atoms with Crippen LogP contribution in [-0.2, 0) is 25.5 Å². The Hall–Kier alpha value is -6.72. The van der Waals surface area contributed by atoms with Crippen molar-refractivity contribution in [2.45, 2.75) is 79.4 Å². The molecule has 0 atom stereocenters. The molecule has 0 bridgehead atoms. The summed E-state index contributed by atoms with van der Waals surface area (Å²) in [4.78, 5) is 14.0. The van der Waals surface area contributed by atoms with Crippen molar-refractivity contribution in [3.05, 3.63) is 192 Å². The van der Waals surface area contributed by atoms with Crippen LogP contribution in [0.3, 0.4) is 0 Å². The van der Waals surface area contributed by atoms with Crippen LogP contribution in [0.2, 0.25) is 0 Å². The maximum Gasteiger partial charge on any atom is 0.121 e. The van der Waals surface area contributed by atoms with Crippen LogP contribution in [0.5, 0.6) is 0 Å². The molecule has 6 heteroatoms. The number of aryl methyl sites for hydroxylation is 2. The standard InChI is InChI=1S/C46H37N2O.C15H17N2.Ir/c1-27(2)36-24-33(30-13-7-6-8-14-30)25-37(28(3)4)44(36)48-41-18-12-11-17-40(41)47-46(48)35-22-19-29(5)43-39-23-32-21-20-31-15-9-10-16-34(31)38(32)26-42(39)49-45(35)43;1-11-5-7-12(8-6-11)14-16-10-9-13(17-14)15(2,3)4;/h6-21,23-28H,1-5H3;5-7,9-10H,1-4H3;/q2*-1;/i5D3;1D3;. The fourth-order valence-electron chi connectivity index (χ4n) is 9.00. The van der Waals surface area contributed by atoms with Crippen LogP contribution in [0.15, 0.2) is 156 Å². The van der Waals surface area contributed by atoms with E-state index in [2.05, 4.69) is 154 Å². The zero-order valence-electron chi connectivity index (χ0n) is 44.6. The van der Waals surface area contributed by atoms with Gasteiger partial charge in [0.25, 0.3) is 0 Å². The van der Waals surface area contributed by atoms with Crippen molar-refractivity contribution >= 4 is 54.5 Å². The number of rotatable bonds is 6. The Morgan fingerprint density at radius 2 is 1.39 bits per heavy atom. The second-order valence-corrected chi connectivity index (χ2v) is 18.7. The number of aromatic nitrogens is 4. The first-order chi connectivity index (χ1) is 34.3. The number of hydrogen-bond donors (Lipinski definition) is 0. The molecule has 0 fully saturated rings. The summed E-state index contributed by atoms with van der Waals surface area (Å²) in [7, 11) is 0. The van der Waals surface area contributed by atoms with Crippen molar-refractivity contribution in [3.63, 3.8) is 0 Å². The van der Waals surface area contributed by atoms with Gasteiger partial charge in [-0.25, -0.2) is 0 Å². The third-order valence-corrected chi connectivity index (χ3v) is 12.4. The first kappa shape index (κ1) is 38.4. The molecule has 11 aromatic rings. The molecule has 0 aliphatic heterocycles. The van der Waals surface area contributed by atoms with E-state index in [0.717, 1.165) is 49.3 Å². The van der Waals surface area contributed by atoms with E-state index >= 15 is 0 Å². The van der Waals surface area contributed by atoms with Gasteiger partial charge < -0.3 is 8.98 Å². The van der Waals surface area contributed by atoms with E-state index in [9.17, 15) is 0 Å². The number of fused-ring (bicyclic) bond motifs is 7. The van der Waals surface area contributed by atoms with E-state index in [-0.39, 0.29) is 48.5 Å². The zero-order valence-corrected chi connectivity index (χ0v) is 41.0. The summed E-state index contributed by atoms with van der Waals surface area (Å²) in [5, 5.41) is 5.67. The Morgan fingerprint density at radius 1 is 0.657 bits per heavy atom. The minimum absolute atomic E-state index is 0. The average molecular weight is 1060 g/mol. The van der Waals surface area contributed by atoms with E-state index in [0.29, 0.717) is 39.3 Å². The van der Waals surface area contributed by atoms with Crippen molar-refractivity contribution in [1.29, 1.82) is 0 Å². The van der Waals surface area contributed by atoms with Crippen molar-refractivity contribution in [2.24, 2.45) is 0 Å². The van der Waals surface area contributed by atoms with Crippen molar-refractivity contribution < 1.29 is 32.7 Å². The average Bonchev–Trinajstić information content (AvgIpc) is 3.93. The molecule has 0 unspecified atom stereocenters. The molecule has 335 valence electrons. The van der Waals surface area contributed by atoms with Gasteiger partial charge >= 0.3 is 0 Å². The van der Waals surface area contributed by atoms with Crippen LogP contribution >= 0.6 is 0 Å². The van der Waals surface area contributed by atoms with Gasteiger partial charge in [-0.05, 0) is 98.1 Å². The Labute approximate surface area is 415 Å². The zero-order chi connectivity index (χ0) is 50.9. The molecule has 8 aromatic carbocycles. The van der Waals surface area contributed by atoms with E-state index in [1.807, 2.05) is 42.5 Å². The van der Waals surface area contributed by atoms with E-state index < -0.39 is 13.7 Å². The predicted molar refractivity (Wildman–Crippen MR) is 276 cm³/mol. The van der Waals surface area contributed by atoms with Crippen molar-refractivity contribution in [3.8, 4) is 39.6 Å². The summed E-state index contributed by atoms with van der Waals surface area (Å²) < 4.78 is 56.8. The van der Waals surface area contributed by atoms with Crippen LogP contribution in [0.1, 0.15) is 96.5 Å². The second-order valence-electron chi connectivity index (χ2n) is 18.7. The van der Waals surface area contributed by atoms with Gasteiger partial charge in [-0.15, -0.1) is 53.1 Å². The summed E-state index contributed by atoms with van der Waals surface area (Å²) >= 11 is 0. The van der Waals surface area contributed by atoms with Crippen LogP contribution in [0.25, 0.3) is 94.1 Å². The summed E-state index contributed by atoms with van der Waals surface area (Å²) in [6.07, 6.45) is 1.72. The topological polar surface area (TPSA) is 56.7 Å². The molecule has 67 heavy (non-hydrogen) atoms. The van der Waals surface area contributed by atoms with E-state index in [4.69, 9.17) is 17.6 Å². The molecule has 0 N–H and O–H groups in total. The van der Waals surface area contributed by atoms with Gasteiger partial charge in [0.1, 0.15) is 5.58 Å². The third kappa shape index (κ3) is 8.50. The Kier molecular flexibility index (Phi) is 10.4. The summed E-state index contributed by atoms with van der Waals surface area (Å²) in [5.41, 5.74) is 11.4. The fraction of sp³-hybridized carbons (Fsp3) is 0.197. The molecule has 3 aromatic heterocycles. The van der Waals surface area contributed by atoms with Gasteiger partial charge in [-0.2, -0.15) is 0 Å². The molecule has 0 aliphatic carbocycles. The molecule has 0 spiro atoms. The molecule has 5 nitrogen and oxygen atoms in total. The maximum absolute atomic E-state index is 8.57. The molecular weight excluding hydrogens is 997 g/mol. The summed E-state index contributed by atoms with van der Waals surface area (Å²) in [6.45, 7) is 10.7. The van der Waals surface area contributed by atoms with Crippen molar-refractivity contribution in [2.75, 3.05) is 0 Å². The Morgan fingerprint density at radius 3 is 2.10 bits per heavy atom. The quantitative estimate of drug-likeness (QED) is 0.123. The maximum atomic E-state index is 8.57. The number of hydrogen-bond acceptors (Lipinski definition) is 4. The van der Waals surface area contributed by atoms with Crippen LogP contribution < -0.4 is 0 Å².